The Kier molecular flexibility index (Phi) is 8.54. The van der Waals surface area contributed by atoms with E-state index in [-0.39, 0.29) is 0 Å². The Balaban J connectivity index is 1.50. The standard InChI is InChI=1S/C19H32N2O/c1-2-3-16-22-17-12-20-19-10-14-21(15-11-19)13-9-18-7-5-4-6-8-18/h4-8,19-20H,2-3,9-17H2,1H3. The van der Waals surface area contributed by atoms with E-state index in [4.69, 9.17) is 4.74 Å². The van der Waals surface area contributed by atoms with Crippen LogP contribution in [0.2, 0.25) is 0 Å². The van der Waals surface area contributed by atoms with Crippen LogP contribution < -0.4 is 5.32 Å². The summed E-state index contributed by atoms with van der Waals surface area (Å²) >= 11 is 0. The molecule has 1 aliphatic heterocycles. The number of benzene rings is 1. The van der Waals surface area contributed by atoms with Crippen LogP contribution in [-0.2, 0) is 11.2 Å². The van der Waals surface area contributed by atoms with E-state index in [1.165, 1.54) is 57.3 Å². The van der Waals surface area contributed by atoms with Gasteiger partial charge in [0.25, 0.3) is 0 Å². The van der Waals surface area contributed by atoms with Crippen LogP contribution >= 0.6 is 0 Å². The summed E-state index contributed by atoms with van der Waals surface area (Å²) in [5.41, 5.74) is 1.45. The predicted molar refractivity (Wildman–Crippen MR) is 93.3 cm³/mol. The molecule has 1 heterocycles. The van der Waals surface area contributed by atoms with Crippen molar-refractivity contribution in [1.82, 2.24) is 10.2 Å². The first kappa shape index (κ1) is 17.5. The average Bonchev–Trinajstić information content (AvgIpc) is 2.58. The van der Waals surface area contributed by atoms with Gasteiger partial charge in [-0.3, -0.25) is 0 Å². The molecule has 0 spiro atoms. The second kappa shape index (κ2) is 10.8. The Bertz CT molecular complexity index is 374. The molecule has 0 saturated carbocycles. The average molecular weight is 304 g/mol. The van der Waals surface area contributed by atoms with E-state index in [1.54, 1.807) is 0 Å². The molecule has 22 heavy (non-hydrogen) atoms. The molecule has 0 amide bonds. The highest BCUT2D eigenvalue weighted by Crippen LogP contribution is 2.11. The molecule has 1 aromatic carbocycles. The quantitative estimate of drug-likeness (QED) is 0.672. The maximum Gasteiger partial charge on any atom is 0.0591 e. The summed E-state index contributed by atoms with van der Waals surface area (Å²) in [4.78, 5) is 2.60. The van der Waals surface area contributed by atoms with Crippen LogP contribution in [0.4, 0.5) is 0 Å². The first-order valence-electron chi connectivity index (χ1n) is 8.96. The number of piperidine rings is 1. The maximum absolute atomic E-state index is 5.60. The Labute approximate surface area is 136 Å². The molecule has 3 heteroatoms. The van der Waals surface area contributed by atoms with Crippen LogP contribution in [0.3, 0.4) is 0 Å². The molecule has 2 rings (SSSR count). The second-order valence-electron chi connectivity index (χ2n) is 6.27. The minimum atomic E-state index is 0.683. The van der Waals surface area contributed by atoms with Crippen LogP contribution in [0.25, 0.3) is 0 Å². The van der Waals surface area contributed by atoms with Crippen LogP contribution in [0.5, 0.6) is 0 Å². The zero-order chi connectivity index (χ0) is 15.5. The minimum absolute atomic E-state index is 0.683. The van der Waals surface area contributed by atoms with Crippen molar-refractivity contribution in [2.75, 3.05) is 39.4 Å². The van der Waals surface area contributed by atoms with Crippen LogP contribution in [0.15, 0.2) is 30.3 Å². The third-order valence-electron chi connectivity index (χ3n) is 4.47. The highest BCUT2D eigenvalue weighted by molar-refractivity contribution is 5.14. The molecule has 1 N–H and O–H groups in total. The molecule has 0 aliphatic carbocycles. The summed E-state index contributed by atoms with van der Waals surface area (Å²) in [5, 5.41) is 3.64. The smallest absolute Gasteiger partial charge is 0.0591 e. The maximum atomic E-state index is 5.60. The molecule has 1 aliphatic rings. The van der Waals surface area contributed by atoms with E-state index < -0.39 is 0 Å². The SMILES string of the molecule is CCCCOCCNC1CCN(CCc2ccccc2)CC1. The lowest BCUT2D eigenvalue weighted by molar-refractivity contribution is 0.125. The van der Waals surface area contributed by atoms with Crippen LogP contribution in [0.1, 0.15) is 38.2 Å². The number of unbranched alkanes of at least 4 members (excludes halogenated alkanes) is 1. The molecule has 0 unspecified atom stereocenters. The van der Waals surface area contributed by atoms with Gasteiger partial charge in [-0.25, -0.2) is 0 Å². The topological polar surface area (TPSA) is 24.5 Å². The Morgan fingerprint density at radius 3 is 2.64 bits per heavy atom. The molecule has 0 aromatic heterocycles. The Morgan fingerprint density at radius 2 is 1.91 bits per heavy atom. The van der Waals surface area contributed by atoms with E-state index >= 15 is 0 Å². The van der Waals surface area contributed by atoms with Gasteiger partial charge in [0.1, 0.15) is 0 Å². The molecule has 124 valence electrons. The fourth-order valence-electron chi connectivity index (χ4n) is 2.98. The summed E-state index contributed by atoms with van der Waals surface area (Å²) in [6.45, 7) is 8.61. The molecule has 0 atom stereocenters. The lowest BCUT2D eigenvalue weighted by atomic mass is 10.0. The number of nitrogens with zero attached hydrogens (tertiary/aromatic N) is 1. The number of rotatable bonds is 10. The highest BCUT2D eigenvalue weighted by atomic mass is 16.5. The molecular formula is C19H32N2O. The second-order valence-corrected chi connectivity index (χ2v) is 6.27. The summed E-state index contributed by atoms with van der Waals surface area (Å²) in [5.74, 6) is 0. The number of nitrogens with one attached hydrogen (secondary N) is 1. The summed E-state index contributed by atoms with van der Waals surface area (Å²) in [7, 11) is 0. The molecule has 3 nitrogen and oxygen atoms in total. The van der Waals surface area contributed by atoms with Crippen molar-refractivity contribution in [3.05, 3.63) is 35.9 Å². The first-order valence-corrected chi connectivity index (χ1v) is 8.96. The zero-order valence-corrected chi connectivity index (χ0v) is 14.1. The normalized spacial score (nSPS) is 17.0. The molecule has 1 saturated heterocycles. The monoisotopic (exact) mass is 304 g/mol. The van der Waals surface area contributed by atoms with Gasteiger partial charge in [-0.05, 0) is 44.3 Å². The van der Waals surface area contributed by atoms with Gasteiger partial charge in [0.15, 0.2) is 0 Å². The van der Waals surface area contributed by atoms with Crippen LogP contribution in [-0.4, -0.2) is 50.3 Å². The van der Waals surface area contributed by atoms with Gasteiger partial charge in [0.05, 0.1) is 6.61 Å². The lowest BCUT2D eigenvalue weighted by Crippen LogP contribution is -2.43. The summed E-state index contributed by atoms with van der Waals surface area (Å²) in [6.07, 6.45) is 6.10. The number of ether oxygens (including phenoxy) is 1. The van der Waals surface area contributed by atoms with E-state index in [2.05, 4.69) is 47.5 Å². The molecule has 0 bridgehead atoms. The number of hydrogen-bond donors (Lipinski definition) is 1. The largest absolute Gasteiger partial charge is 0.380 e. The Morgan fingerprint density at radius 1 is 1.14 bits per heavy atom. The van der Waals surface area contributed by atoms with Gasteiger partial charge < -0.3 is 15.0 Å². The third-order valence-corrected chi connectivity index (χ3v) is 4.47. The fourth-order valence-corrected chi connectivity index (χ4v) is 2.98. The van der Waals surface area contributed by atoms with Crippen molar-refractivity contribution < 1.29 is 4.74 Å². The number of hydrogen-bond acceptors (Lipinski definition) is 3. The van der Waals surface area contributed by atoms with Crippen molar-refractivity contribution in [2.45, 2.75) is 45.1 Å². The molecule has 1 fully saturated rings. The molecular weight excluding hydrogens is 272 g/mol. The van der Waals surface area contributed by atoms with Crippen molar-refractivity contribution in [3.63, 3.8) is 0 Å². The minimum Gasteiger partial charge on any atom is -0.380 e. The van der Waals surface area contributed by atoms with Crippen molar-refractivity contribution in [3.8, 4) is 0 Å². The summed E-state index contributed by atoms with van der Waals surface area (Å²) < 4.78 is 5.60. The van der Waals surface area contributed by atoms with Gasteiger partial charge in [-0.2, -0.15) is 0 Å². The third kappa shape index (κ3) is 6.91. The molecule has 1 aromatic rings. The fraction of sp³-hybridized carbons (Fsp3) is 0.684. The highest BCUT2D eigenvalue weighted by Gasteiger charge is 2.18. The van der Waals surface area contributed by atoms with E-state index in [0.717, 1.165) is 19.8 Å². The lowest BCUT2D eigenvalue weighted by Gasteiger charge is -2.32. The van der Waals surface area contributed by atoms with Gasteiger partial charge in [0.2, 0.25) is 0 Å². The molecule has 0 radical (unpaired) electrons. The van der Waals surface area contributed by atoms with Crippen LogP contribution in [0, 0.1) is 0 Å². The van der Waals surface area contributed by atoms with Crippen molar-refractivity contribution >= 4 is 0 Å². The predicted octanol–water partition coefficient (Wildman–Crippen LogP) is 3.10. The Hall–Kier alpha value is -0.900. The van der Waals surface area contributed by atoms with E-state index in [1.807, 2.05) is 0 Å². The summed E-state index contributed by atoms with van der Waals surface area (Å²) in [6, 6.07) is 11.5. The van der Waals surface area contributed by atoms with E-state index in [9.17, 15) is 0 Å². The van der Waals surface area contributed by atoms with Crippen molar-refractivity contribution in [2.24, 2.45) is 0 Å². The van der Waals surface area contributed by atoms with E-state index in [0.29, 0.717) is 6.04 Å². The van der Waals surface area contributed by atoms with Gasteiger partial charge in [-0.1, -0.05) is 43.7 Å². The number of likely N-dealkylation sites (tertiary alicyclic amines) is 1. The van der Waals surface area contributed by atoms with Gasteiger partial charge >= 0.3 is 0 Å². The van der Waals surface area contributed by atoms with Gasteiger partial charge in [0, 0.05) is 25.7 Å². The first-order chi connectivity index (χ1) is 10.9. The zero-order valence-electron chi connectivity index (χ0n) is 14.1. The van der Waals surface area contributed by atoms with Gasteiger partial charge in [-0.15, -0.1) is 0 Å². The van der Waals surface area contributed by atoms with Crippen molar-refractivity contribution in [1.29, 1.82) is 0 Å².